The van der Waals surface area contributed by atoms with Gasteiger partial charge in [0.25, 0.3) is 5.56 Å². The number of benzene rings is 1. The van der Waals surface area contributed by atoms with Gasteiger partial charge in [0, 0.05) is 21.1 Å². The molecule has 0 bridgehead atoms. The molecule has 2 nitrogen and oxygen atoms in total. The van der Waals surface area contributed by atoms with E-state index in [0.29, 0.717) is 5.33 Å². The van der Waals surface area contributed by atoms with Gasteiger partial charge in [-0.2, -0.15) is 0 Å². The summed E-state index contributed by atoms with van der Waals surface area (Å²) in [4.78, 5) is 12.2. The average Bonchev–Trinajstić information content (AvgIpc) is 2.34. The Balaban J connectivity index is 2.80. The minimum absolute atomic E-state index is 0.0221. The molecule has 0 aliphatic heterocycles. The first kappa shape index (κ1) is 12.6. The van der Waals surface area contributed by atoms with Gasteiger partial charge in [0.2, 0.25) is 0 Å². The van der Waals surface area contributed by atoms with E-state index in [1.165, 1.54) is 0 Å². The van der Waals surface area contributed by atoms with Crippen molar-refractivity contribution in [2.45, 2.75) is 12.3 Å². The molecule has 0 spiro atoms. The lowest BCUT2D eigenvalue weighted by Gasteiger charge is -2.14. The van der Waals surface area contributed by atoms with E-state index >= 15 is 0 Å². The number of halogens is 2. The molecule has 0 aliphatic carbocycles. The van der Waals surface area contributed by atoms with Gasteiger partial charge in [-0.1, -0.05) is 34.1 Å². The minimum Gasteiger partial charge on any atom is -0.279 e. The van der Waals surface area contributed by atoms with Crippen LogP contribution in [0.5, 0.6) is 0 Å². The van der Waals surface area contributed by atoms with E-state index in [1.807, 2.05) is 43.3 Å². The van der Waals surface area contributed by atoms with Gasteiger partial charge >= 0.3 is 0 Å². The second-order valence-electron chi connectivity index (χ2n) is 3.73. The number of aryl methyl sites for hydroxylation is 1. The first-order valence-corrected chi connectivity index (χ1v) is 7.09. The van der Waals surface area contributed by atoms with Crippen molar-refractivity contribution in [3.8, 4) is 5.69 Å². The summed E-state index contributed by atoms with van der Waals surface area (Å²) in [7, 11) is 0. The lowest BCUT2D eigenvalue weighted by atomic mass is 10.2. The van der Waals surface area contributed by atoms with Gasteiger partial charge < -0.3 is 0 Å². The second kappa shape index (κ2) is 5.19. The molecule has 0 saturated heterocycles. The molecule has 2 aromatic rings. The SMILES string of the molecule is Cc1cc(Br)c(CBr)n(-c2ccccc2)c1=O. The quantitative estimate of drug-likeness (QED) is 0.750. The van der Waals surface area contributed by atoms with E-state index in [1.54, 1.807) is 4.57 Å². The number of nitrogens with zero attached hydrogens (tertiary/aromatic N) is 1. The third kappa shape index (κ3) is 2.38. The Morgan fingerprint density at radius 2 is 1.88 bits per heavy atom. The van der Waals surface area contributed by atoms with Crippen LogP contribution in [0.1, 0.15) is 11.3 Å². The highest BCUT2D eigenvalue weighted by atomic mass is 79.9. The van der Waals surface area contributed by atoms with Gasteiger partial charge in [-0.15, -0.1) is 0 Å². The summed E-state index contributed by atoms with van der Waals surface area (Å²) >= 11 is 6.93. The number of pyridine rings is 1. The molecule has 0 fully saturated rings. The number of aromatic nitrogens is 1. The van der Waals surface area contributed by atoms with E-state index in [9.17, 15) is 4.79 Å². The Morgan fingerprint density at radius 1 is 1.24 bits per heavy atom. The molecule has 0 radical (unpaired) electrons. The van der Waals surface area contributed by atoms with Crippen LogP contribution in [0, 0.1) is 6.92 Å². The second-order valence-corrected chi connectivity index (χ2v) is 5.15. The number of para-hydroxylation sites is 1. The van der Waals surface area contributed by atoms with E-state index in [0.717, 1.165) is 21.4 Å². The topological polar surface area (TPSA) is 22.0 Å². The Labute approximate surface area is 117 Å². The predicted octanol–water partition coefficient (Wildman–Crippen LogP) is 3.80. The van der Waals surface area contributed by atoms with E-state index in [-0.39, 0.29) is 5.56 Å². The van der Waals surface area contributed by atoms with Crippen molar-refractivity contribution < 1.29 is 0 Å². The fourth-order valence-electron chi connectivity index (χ4n) is 1.71. The molecule has 0 saturated carbocycles. The Hall–Kier alpha value is -0.870. The smallest absolute Gasteiger partial charge is 0.258 e. The van der Waals surface area contributed by atoms with Crippen molar-refractivity contribution in [2.24, 2.45) is 0 Å². The maximum absolute atomic E-state index is 12.2. The summed E-state index contributed by atoms with van der Waals surface area (Å²) < 4.78 is 2.67. The van der Waals surface area contributed by atoms with Crippen LogP contribution in [0.3, 0.4) is 0 Å². The molecule has 0 aliphatic rings. The molecule has 0 atom stereocenters. The standard InChI is InChI=1S/C13H11Br2NO/c1-9-7-11(15)12(8-14)16(13(9)17)10-5-3-2-4-6-10/h2-7H,8H2,1H3. The third-order valence-electron chi connectivity index (χ3n) is 2.57. The lowest BCUT2D eigenvalue weighted by molar-refractivity contribution is 0.905. The average molecular weight is 357 g/mol. The molecular weight excluding hydrogens is 346 g/mol. The summed E-state index contributed by atoms with van der Waals surface area (Å²) in [6, 6.07) is 11.5. The molecule has 4 heteroatoms. The minimum atomic E-state index is 0.0221. The van der Waals surface area contributed by atoms with Crippen LogP contribution >= 0.6 is 31.9 Å². The largest absolute Gasteiger partial charge is 0.279 e. The van der Waals surface area contributed by atoms with E-state index in [4.69, 9.17) is 0 Å². The number of alkyl halides is 1. The lowest BCUT2D eigenvalue weighted by Crippen LogP contribution is -2.23. The van der Waals surface area contributed by atoms with Gasteiger partial charge in [0.05, 0.1) is 5.69 Å². The summed E-state index contributed by atoms with van der Waals surface area (Å²) in [5, 5.41) is 0.623. The van der Waals surface area contributed by atoms with Crippen LogP contribution in [0.25, 0.3) is 5.69 Å². The molecule has 0 unspecified atom stereocenters. The van der Waals surface area contributed by atoms with Crippen molar-refractivity contribution in [1.82, 2.24) is 4.57 Å². The van der Waals surface area contributed by atoms with Crippen LogP contribution in [0.15, 0.2) is 45.7 Å². The van der Waals surface area contributed by atoms with Gasteiger partial charge in [0.1, 0.15) is 0 Å². The number of rotatable bonds is 2. The molecule has 2 rings (SSSR count). The molecule has 88 valence electrons. The van der Waals surface area contributed by atoms with Gasteiger partial charge in [-0.3, -0.25) is 9.36 Å². The first-order chi connectivity index (χ1) is 8.15. The normalized spacial score (nSPS) is 10.5. The molecule has 17 heavy (non-hydrogen) atoms. The van der Waals surface area contributed by atoms with Crippen LogP contribution < -0.4 is 5.56 Å². The predicted molar refractivity (Wildman–Crippen MR) is 77.1 cm³/mol. The van der Waals surface area contributed by atoms with Crippen LogP contribution in [0.4, 0.5) is 0 Å². The molecule has 1 aromatic carbocycles. The fourth-order valence-corrected chi connectivity index (χ4v) is 3.30. The molecular formula is C13H11Br2NO. The van der Waals surface area contributed by atoms with E-state index in [2.05, 4.69) is 31.9 Å². The van der Waals surface area contributed by atoms with E-state index < -0.39 is 0 Å². The number of hydrogen-bond donors (Lipinski definition) is 0. The summed E-state index contributed by atoms with van der Waals surface area (Å²) in [5.41, 5.74) is 2.56. The number of hydrogen-bond acceptors (Lipinski definition) is 1. The summed E-state index contributed by atoms with van der Waals surface area (Å²) in [5.74, 6) is 0. The zero-order chi connectivity index (χ0) is 12.4. The highest BCUT2D eigenvalue weighted by Gasteiger charge is 2.11. The zero-order valence-corrected chi connectivity index (χ0v) is 12.5. The van der Waals surface area contributed by atoms with Crippen LogP contribution in [-0.4, -0.2) is 4.57 Å². The highest BCUT2D eigenvalue weighted by Crippen LogP contribution is 2.21. The van der Waals surface area contributed by atoms with Gasteiger partial charge in [-0.25, -0.2) is 0 Å². The fraction of sp³-hybridized carbons (Fsp3) is 0.154. The molecule has 1 aromatic heterocycles. The van der Waals surface area contributed by atoms with Crippen molar-refractivity contribution in [2.75, 3.05) is 0 Å². The van der Waals surface area contributed by atoms with Gasteiger partial charge in [0.15, 0.2) is 0 Å². The van der Waals surface area contributed by atoms with Gasteiger partial charge in [-0.05, 0) is 41.1 Å². The van der Waals surface area contributed by atoms with Crippen molar-refractivity contribution in [3.63, 3.8) is 0 Å². The molecule has 0 amide bonds. The summed E-state index contributed by atoms with van der Waals surface area (Å²) in [6.45, 7) is 1.82. The Kier molecular flexibility index (Phi) is 3.84. The maximum atomic E-state index is 12.2. The Bertz CT molecular complexity index is 590. The third-order valence-corrected chi connectivity index (χ3v) is 3.79. The van der Waals surface area contributed by atoms with Crippen LogP contribution in [0.2, 0.25) is 0 Å². The van der Waals surface area contributed by atoms with Crippen molar-refractivity contribution in [3.05, 3.63) is 62.5 Å². The maximum Gasteiger partial charge on any atom is 0.258 e. The molecule has 0 N–H and O–H groups in total. The Morgan fingerprint density at radius 3 is 2.47 bits per heavy atom. The molecule has 1 heterocycles. The monoisotopic (exact) mass is 355 g/mol. The summed E-state index contributed by atoms with van der Waals surface area (Å²) in [6.07, 6.45) is 0. The van der Waals surface area contributed by atoms with Crippen LogP contribution in [-0.2, 0) is 5.33 Å². The highest BCUT2D eigenvalue weighted by molar-refractivity contribution is 9.10. The van der Waals surface area contributed by atoms with Crippen molar-refractivity contribution >= 4 is 31.9 Å². The zero-order valence-electron chi connectivity index (χ0n) is 9.28. The van der Waals surface area contributed by atoms with Crippen molar-refractivity contribution in [1.29, 1.82) is 0 Å². The first-order valence-electron chi connectivity index (χ1n) is 5.17.